The highest BCUT2D eigenvalue weighted by Crippen LogP contribution is 2.33. The Kier molecular flexibility index (Phi) is 8.54. The molecule has 0 fully saturated rings. The summed E-state index contributed by atoms with van der Waals surface area (Å²) in [5.41, 5.74) is 0.780. The third-order valence-electron chi connectivity index (χ3n) is 3.31. The van der Waals surface area contributed by atoms with Gasteiger partial charge in [-0.1, -0.05) is 31.9 Å². The Hall–Kier alpha value is -1.36. The van der Waals surface area contributed by atoms with Gasteiger partial charge in [0.05, 0.1) is 8.95 Å². The summed E-state index contributed by atoms with van der Waals surface area (Å²) in [6.07, 6.45) is 1.84. The highest BCUT2D eigenvalue weighted by molar-refractivity contribution is 9.11. The van der Waals surface area contributed by atoms with Crippen molar-refractivity contribution in [1.29, 1.82) is 0 Å². The highest BCUT2D eigenvalue weighted by Gasteiger charge is 2.11. The second-order valence-electron chi connectivity index (χ2n) is 5.34. The van der Waals surface area contributed by atoms with E-state index in [-0.39, 0.29) is 24.7 Å². The molecule has 148 valence electrons. The van der Waals surface area contributed by atoms with Gasteiger partial charge in [0.2, 0.25) is 0 Å². The summed E-state index contributed by atoms with van der Waals surface area (Å²) in [4.78, 5) is 23.5. The van der Waals surface area contributed by atoms with Crippen LogP contribution in [0.15, 0.2) is 54.3 Å². The number of carbonyl (C=O) groups excluding carboxylic acids is 2. The van der Waals surface area contributed by atoms with E-state index in [2.05, 4.69) is 63.7 Å². The number of ether oxygens (including phenoxy) is 2. The van der Waals surface area contributed by atoms with Gasteiger partial charge in [-0.15, -0.1) is 0 Å². The van der Waals surface area contributed by atoms with E-state index in [0.717, 1.165) is 12.2 Å². The van der Waals surface area contributed by atoms with Gasteiger partial charge in [-0.25, -0.2) is 9.59 Å². The molecule has 6 nitrogen and oxygen atoms in total. The second-order valence-corrected chi connectivity index (χ2v) is 8.88. The molecule has 2 aromatic rings. The molecule has 0 unspecified atom stereocenters. The van der Waals surface area contributed by atoms with E-state index in [1.54, 1.807) is 24.3 Å². The van der Waals surface area contributed by atoms with E-state index in [1.807, 2.05) is 0 Å². The van der Waals surface area contributed by atoms with Crippen LogP contribution in [0.4, 0.5) is 0 Å². The van der Waals surface area contributed by atoms with Crippen LogP contribution in [0.25, 0.3) is 0 Å². The Balaban J connectivity index is 1.88. The molecule has 0 atom stereocenters. The maximum Gasteiger partial charge on any atom is 0.331 e. The lowest BCUT2D eigenvalue weighted by Gasteiger charge is -2.08. The van der Waals surface area contributed by atoms with Crippen molar-refractivity contribution in [3.63, 3.8) is 0 Å². The molecule has 0 aliphatic heterocycles. The Bertz CT molecular complexity index is 867. The number of carbonyl (C=O) groups is 2. The first-order chi connectivity index (χ1) is 13.2. The van der Waals surface area contributed by atoms with Crippen LogP contribution >= 0.6 is 63.7 Å². The van der Waals surface area contributed by atoms with Crippen molar-refractivity contribution in [2.45, 2.75) is 13.2 Å². The van der Waals surface area contributed by atoms with Crippen molar-refractivity contribution in [3.8, 4) is 11.5 Å². The smallest absolute Gasteiger partial charge is 0.331 e. The molecule has 0 aliphatic carbocycles. The highest BCUT2D eigenvalue weighted by atomic mass is 79.9. The van der Waals surface area contributed by atoms with Gasteiger partial charge in [-0.3, -0.25) is 0 Å². The van der Waals surface area contributed by atoms with E-state index in [1.165, 1.54) is 0 Å². The van der Waals surface area contributed by atoms with Gasteiger partial charge in [-0.2, -0.15) is 0 Å². The summed E-state index contributed by atoms with van der Waals surface area (Å²) >= 11 is 12.9. The Labute approximate surface area is 194 Å². The number of hydrogen-bond donors (Lipinski definition) is 2. The minimum atomic E-state index is -0.777. The van der Waals surface area contributed by atoms with E-state index < -0.39 is 11.9 Å². The average molecular weight is 644 g/mol. The van der Waals surface area contributed by atoms with Crippen LogP contribution in [0.3, 0.4) is 0 Å². The third-order valence-corrected chi connectivity index (χ3v) is 5.43. The van der Waals surface area contributed by atoms with Crippen LogP contribution in [-0.4, -0.2) is 22.2 Å². The fourth-order valence-electron chi connectivity index (χ4n) is 1.99. The molecule has 0 heterocycles. The molecule has 0 saturated carbocycles. The van der Waals surface area contributed by atoms with Gasteiger partial charge < -0.3 is 19.7 Å². The number of esters is 2. The summed E-state index contributed by atoms with van der Waals surface area (Å²) < 4.78 is 12.3. The molecular formula is C18H12Br4O6. The number of phenolic OH excluding ortho intramolecular Hbond substituents is 2. The summed E-state index contributed by atoms with van der Waals surface area (Å²) in [6.45, 7) is -0.357. The normalized spacial score (nSPS) is 10.9. The van der Waals surface area contributed by atoms with Gasteiger partial charge in [0.15, 0.2) is 0 Å². The molecule has 0 aromatic heterocycles. The monoisotopic (exact) mass is 640 g/mol. The van der Waals surface area contributed by atoms with Crippen molar-refractivity contribution < 1.29 is 29.3 Å². The van der Waals surface area contributed by atoms with Gasteiger partial charge >= 0.3 is 11.9 Å². The lowest BCUT2D eigenvalue weighted by Crippen LogP contribution is -2.05. The molecule has 2 aromatic carbocycles. The van der Waals surface area contributed by atoms with Crippen LogP contribution in [0.1, 0.15) is 11.1 Å². The van der Waals surface area contributed by atoms with Crippen molar-refractivity contribution in [2.75, 3.05) is 0 Å². The fourth-order valence-corrected chi connectivity index (χ4v) is 4.62. The first-order valence-corrected chi connectivity index (χ1v) is 10.7. The number of phenols is 2. The molecule has 0 bridgehead atoms. The van der Waals surface area contributed by atoms with Crippen LogP contribution < -0.4 is 0 Å². The Morgan fingerprint density at radius 3 is 1.46 bits per heavy atom. The predicted octanol–water partition coefficient (Wildman–Crippen LogP) is 5.49. The number of benzene rings is 2. The van der Waals surface area contributed by atoms with Crippen molar-refractivity contribution >= 4 is 75.7 Å². The molecule has 0 saturated heterocycles. The predicted molar refractivity (Wildman–Crippen MR) is 116 cm³/mol. The molecule has 0 radical (unpaired) electrons. The quantitative estimate of drug-likeness (QED) is 0.320. The number of aromatic hydroxyl groups is 2. The summed E-state index contributed by atoms with van der Waals surface area (Å²) in [5, 5.41) is 19.8. The molecule has 2 N–H and O–H groups in total. The van der Waals surface area contributed by atoms with Crippen LogP contribution in [0, 0.1) is 0 Å². The molecular weight excluding hydrogens is 632 g/mol. The van der Waals surface area contributed by atoms with E-state index in [9.17, 15) is 19.8 Å². The summed E-state index contributed by atoms with van der Waals surface area (Å²) in [5.74, 6) is -1.64. The average Bonchev–Trinajstić information content (AvgIpc) is 2.63. The van der Waals surface area contributed by atoms with Crippen molar-refractivity contribution in [1.82, 2.24) is 0 Å². The third kappa shape index (κ3) is 6.61. The minimum absolute atomic E-state index is 0.0422. The lowest BCUT2D eigenvalue weighted by atomic mass is 10.2. The first-order valence-electron chi connectivity index (χ1n) is 7.52. The molecule has 0 aliphatic rings. The zero-order valence-electron chi connectivity index (χ0n) is 13.9. The van der Waals surface area contributed by atoms with Crippen LogP contribution in [0.2, 0.25) is 0 Å². The number of rotatable bonds is 6. The Morgan fingerprint density at radius 2 is 1.11 bits per heavy atom. The van der Waals surface area contributed by atoms with Gasteiger partial charge in [0, 0.05) is 32.2 Å². The molecule has 10 heteroatoms. The lowest BCUT2D eigenvalue weighted by molar-refractivity contribution is -0.141. The fraction of sp³-hybridized carbons (Fsp3) is 0.111. The van der Waals surface area contributed by atoms with E-state index in [4.69, 9.17) is 9.47 Å². The molecule has 0 spiro atoms. The maximum absolute atomic E-state index is 11.7. The second kappa shape index (κ2) is 10.4. The number of halogens is 4. The summed E-state index contributed by atoms with van der Waals surface area (Å²) in [7, 11) is 0. The van der Waals surface area contributed by atoms with E-state index >= 15 is 0 Å². The largest absolute Gasteiger partial charge is 0.506 e. The van der Waals surface area contributed by atoms with Crippen molar-refractivity contribution in [2.24, 2.45) is 0 Å². The first kappa shape index (κ1) is 22.9. The van der Waals surface area contributed by atoms with Crippen LogP contribution in [-0.2, 0) is 32.3 Å². The number of hydrogen-bond acceptors (Lipinski definition) is 6. The summed E-state index contributed by atoms with van der Waals surface area (Å²) in [6, 6.07) is 6.51. The zero-order chi connectivity index (χ0) is 20.8. The van der Waals surface area contributed by atoms with Crippen LogP contribution in [0.5, 0.6) is 11.5 Å². The molecule has 0 amide bonds. The standard InChI is InChI=1S/C18H12Br4O6/c19-11-3-9(17(25)13(21)5-11)7-27-15(23)1-2-16(24)28-8-10-4-12(20)6-14(22)18(10)26/h1-6,25-26H,7-8H2/b2-1-. The molecule has 2 rings (SSSR count). The van der Waals surface area contributed by atoms with Gasteiger partial charge in [0.25, 0.3) is 0 Å². The maximum atomic E-state index is 11.7. The topological polar surface area (TPSA) is 93.1 Å². The van der Waals surface area contributed by atoms with Gasteiger partial charge in [-0.05, 0) is 56.1 Å². The minimum Gasteiger partial charge on any atom is -0.506 e. The van der Waals surface area contributed by atoms with Crippen molar-refractivity contribution in [3.05, 3.63) is 65.4 Å². The Morgan fingerprint density at radius 1 is 0.750 bits per heavy atom. The zero-order valence-corrected chi connectivity index (χ0v) is 20.3. The molecule has 28 heavy (non-hydrogen) atoms. The SMILES string of the molecule is O=C(/C=C\C(=O)OCc1cc(Br)cc(Br)c1O)OCc1cc(Br)cc(Br)c1O. The van der Waals surface area contributed by atoms with E-state index in [0.29, 0.717) is 29.0 Å². The van der Waals surface area contributed by atoms with Gasteiger partial charge in [0.1, 0.15) is 24.7 Å².